The third-order valence-electron chi connectivity index (χ3n) is 12.2. The van der Waals surface area contributed by atoms with Crippen molar-refractivity contribution >= 4 is 89.9 Å². The largest absolute Gasteiger partial charge is 0.455 e. The van der Waals surface area contributed by atoms with Crippen molar-refractivity contribution in [2.75, 3.05) is 9.80 Å². The molecule has 13 rings (SSSR count). The minimum Gasteiger partial charge on any atom is -0.455 e. The number of ether oxygens (including phenoxy) is 1. The molecule has 0 aliphatic carbocycles. The highest BCUT2D eigenvalue weighted by Gasteiger charge is 2.45. The van der Waals surface area contributed by atoms with Gasteiger partial charge in [0.2, 0.25) is 0 Å². The lowest BCUT2D eigenvalue weighted by molar-refractivity contribution is 0.477. The van der Waals surface area contributed by atoms with Crippen molar-refractivity contribution in [1.82, 2.24) is 0 Å². The van der Waals surface area contributed by atoms with Gasteiger partial charge in [-0.25, -0.2) is 0 Å². The van der Waals surface area contributed by atoms with E-state index in [4.69, 9.17) is 9.15 Å². The Kier molecular flexibility index (Phi) is 6.22. The van der Waals surface area contributed by atoms with E-state index >= 15 is 0 Å². The second-order valence-corrected chi connectivity index (χ2v) is 15.2. The molecule has 10 aromatic rings. The zero-order chi connectivity index (χ0) is 37.2. The van der Waals surface area contributed by atoms with E-state index in [2.05, 4.69) is 180 Å². The van der Waals surface area contributed by atoms with Gasteiger partial charge in [0.15, 0.2) is 11.5 Å². The standard InChI is InChI=1S/C52H31BN2O2/c1-2-11-32(12-3-1)35-26-28-43-42(31-35)53-41-16-9-22-49-51(41)55(44-17-5-7-21-48(44)56-49)46-19-10-18-45(50(46)53)54(43)37-27-25-33-29-36(24-23-34(33)30-37)38-14-8-15-40-39-13-4-6-20-47(39)57-52(38)40/h1-31H. The van der Waals surface area contributed by atoms with Gasteiger partial charge in [0, 0.05) is 39.1 Å². The molecule has 3 aliphatic heterocycles. The average molecular weight is 727 g/mol. The van der Waals surface area contributed by atoms with Crippen LogP contribution in [-0.4, -0.2) is 6.71 Å². The van der Waals surface area contributed by atoms with E-state index in [1.54, 1.807) is 0 Å². The molecule has 264 valence electrons. The van der Waals surface area contributed by atoms with Crippen LogP contribution in [0.25, 0.3) is 55.0 Å². The molecule has 9 aromatic carbocycles. The molecule has 0 saturated carbocycles. The van der Waals surface area contributed by atoms with Crippen LogP contribution in [0.3, 0.4) is 0 Å². The zero-order valence-corrected chi connectivity index (χ0v) is 30.7. The van der Waals surface area contributed by atoms with E-state index in [1.807, 2.05) is 18.2 Å². The van der Waals surface area contributed by atoms with Crippen molar-refractivity contribution in [3.63, 3.8) is 0 Å². The van der Waals surface area contributed by atoms with Gasteiger partial charge in [-0.05, 0) is 105 Å². The first-order valence-electron chi connectivity index (χ1n) is 19.5. The summed E-state index contributed by atoms with van der Waals surface area (Å²) in [6.45, 7) is 0.00940. The van der Waals surface area contributed by atoms with Gasteiger partial charge in [0.1, 0.15) is 11.2 Å². The lowest BCUT2D eigenvalue weighted by Gasteiger charge is -2.45. The molecular weight excluding hydrogens is 695 g/mol. The van der Waals surface area contributed by atoms with E-state index < -0.39 is 0 Å². The molecule has 0 unspecified atom stereocenters. The number of benzene rings is 9. The Morgan fingerprint density at radius 1 is 0.421 bits per heavy atom. The zero-order valence-electron chi connectivity index (χ0n) is 30.7. The van der Waals surface area contributed by atoms with E-state index in [0.717, 1.165) is 61.6 Å². The molecule has 57 heavy (non-hydrogen) atoms. The Morgan fingerprint density at radius 3 is 2.09 bits per heavy atom. The minimum absolute atomic E-state index is 0.00940. The highest BCUT2D eigenvalue weighted by molar-refractivity contribution is 7.00. The Balaban J connectivity index is 1.01. The lowest BCUT2D eigenvalue weighted by Crippen LogP contribution is -2.61. The SMILES string of the molecule is c1ccc(-c2ccc3c(c2)B2c4cccc5c4N(c4ccccc4O5)c4cccc(c42)N3c2ccc3cc(-c4cccc5c4oc4ccccc45)ccc3c2)cc1. The number of hydrogen-bond acceptors (Lipinski definition) is 4. The summed E-state index contributed by atoms with van der Waals surface area (Å²) in [4.78, 5) is 4.90. The van der Waals surface area contributed by atoms with Crippen molar-refractivity contribution in [2.24, 2.45) is 0 Å². The Bertz CT molecular complexity index is 3320. The highest BCUT2D eigenvalue weighted by atomic mass is 16.5. The first-order chi connectivity index (χ1) is 28.3. The van der Waals surface area contributed by atoms with Crippen LogP contribution in [0.1, 0.15) is 0 Å². The fraction of sp³-hybridized carbons (Fsp3) is 0. The molecule has 5 heteroatoms. The third kappa shape index (κ3) is 4.34. The van der Waals surface area contributed by atoms with Crippen LogP contribution in [0, 0.1) is 0 Å². The van der Waals surface area contributed by atoms with Crippen LogP contribution in [0.2, 0.25) is 0 Å². The monoisotopic (exact) mass is 726 g/mol. The molecule has 0 spiro atoms. The molecule has 0 atom stereocenters. The van der Waals surface area contributed by atoms with Crippen LogP contribution >= 0.6 is 0 Å². The number of fused-ring (bicyclic) bond motifs is 10. The summed E-state index contributed by atoms with van der Waals surface area (Å²) in [6.07, 6.45) is 0. The fourth-order valence-corrected chi connectivity index (χ4v) is 9.74. The second kappa shape index (κ2) is 11.5. The topological polar surface area (TPSA) is 28.9 Å². The van der Waals surface area contributed by atoms with E-state index in [1.165, 1.54) is 55.3 Å². The van der Waals surface area contributed by atoms with Gasteiger partial charge in [0.05, 0.1) is 11.4 Å². The molecule has 0 bridgehead atoms. The number of furan rings is 1. The predicted molar refractivity (Wildman–Crippen MR) is 236 cm³/mol. The molecule has 4 nitrogen and oxygen atoms in total. The number of nitrogens with zero attached hydrogens (tertiary/aromatic N) is 2. The van der Waals surface area contributed by atoms with Crippen LogP contribution in [0.5, 0.6) is 11.5 Å². The van der Waals surface area contributed by atoms with Crippen LogP contribution in [0.15, 0.2) is 192 Å². The summed E-state index contributed by atoms with van der Waals surface area (Å²) in [5, 5.41) is 4.64. The molecule has 0 radical (unpaired) electrons. The quantitative estimate of drug-likeness (QED) is 0.170. The van der Waals surface area contributed by atoms with Crippen molar-refractivity contribution < 1.29 is 9.15 Å². The first kappa shape index (κ1) is 30.8. The number of hydrogen-bond donors (Lipinski definition) is 0. The number of rotatable bonds is 3. The molecule has 1 aromatic heterocycles. The summed E-state index contributed by atoms with van der Waals surface area (Å²) >= 11 is 0. The molecule has 0 amide bonds. The van der Waals surface area contributed by atoms with Crippen molar-refractivity contribution in [2.45, 2.75) is 0 Å². The van der Waals surface area contributed by atoms with Gasteiger partial charge in [-0.15, -0.1) is 0 Å². The molecule has 0 fully saturated rings. The Hall–Kier alpha value is -7.50. The number of anilines is 6. The summed E-state index contributed by atoms with van der Waals surface area (Å²) in [5.74, 6) is 1.75. The molecule has 4 heterocycles. The normalized spacial score (nSPS) is 13.3. The highest BCUT2D eigenvalue weighted by Crippen LogP contribution is 2.53. The minimum atomic E-state index is 0.00940. The van der Waals surface area contributed by atoms with E-state index in [9.17, 15) is 0 Å². The smallest absolute Gasteiger partial charge is 0.252 e. The molecular formula is C52H31BN2O2. The molecule has 3 aliphatic rings. The third-order valence-corrected chi connectivity index (χ3v) is 12.2. The summed E-state index contributed by atoms with van der Waals surface area (Å²) in [5.41, 5.74) is 17.2. The summed E-state index contributed by atoms with van der Waals surface area (Å²) in [7, 11) is 0. The maximum absolute atomic E-state index is 6.61. The Labute approximate surface area is 329 Å². The van der Waals surface area contributed by atoms with Crippen LogP contribution in [0.4, 0.5) is 34.1 Å². The van der Waals surface area contributed by atoms with Gasteiger partial charge in [-0.3, -0.25) is 0 Å². The predicted octanol–water partition coefficient (Wildman–Crippen LogP) is 12.3. The first-order valence-corrected chi connectivity index (χ1v) is 19.5. The second-order valence-electron chi connectivity index (χ2n) is 15.2. The van der Waals surface area contributed by atoms with Crippen molar-refractivity contribution in [1.29, 1.82) is 0 Å². The van der Waals surface area contributed by atoms with E-state index in [0.29, 0.717) is 0 Å². The van der Waals surface area contributed by atoms with E-state index in [-0.39, 0.29) is 6.71 Å². The van der Waals surface area contributed by atoms with Gasteiger partial charge in [-0.1, -0.05) is 127 Å². The van der Waals surface area contributed by atoms with Crippen LogP contribution < -0.4 is 30.9 Å². The fourth-order valence-electron chi connectivity index (χ4n) is 9.74. The summed E-state index contributed by atoms with van der Waals surface area (Å²) in [6, 6.07) is 67.8. The maximum atomic E-state index is 6.61. The molecule has 0 saturated heterocycles. The Morgan fingerprint density at radius 2 is 1.14 bits per heavy atom. The van der Waals surface area contributed by atoms with Crippen molar-refractivity contribution in [3.05, 3.63) is 188 Å². The van der Waals surface area contributed by atoms with Gasteiger partial charge in [-0.2, -0.15) is 0 Å². The van der Waals surface area contributed by atoms with Crippen LogP contribution in [-0.2, 0) is 0 Å². The van der Waals surface area contributed by atoms with Gasteiger partial charge in [0.25, 0.3) is 6.71 Å². The van der Waals surface area contributed by atoms with Gasteiger partial charge < -0.3 is 19.0 Å². The average Bonchev–Trinajstić information content (AvgIpc) is 3.66. The maximum Gasteiger partial charge on any atom is 0.252 e. The lowest BCUT2D eigenvalue weighted by atomic mass is 9.33. The summed E-state index contributed by atoms with van der Waals surface area (Å²) < 4.78 is 13.0. The van der Waals surface area contributed by atoms with Gasteiger partial charge >= 0.3 is 0 Å². The number of para-hydroxylation sites is 5. The van der Waals surface area contributed by atoms with Crippen molar-refractivity contribution in [3.8, 4) is 33.8 Å². The molecule has 0 N–H and O–H groups in total.